The average molecular weight is 357 g/mol. The van der Waals surface area contributed by atoms with Gasteiger partial charge < -0.3 is 18.6 Å². The van der Waals surface area contributed by atoms with Crippen LogP contribution in [0.15, 0.2) is 0 Å². The van der Waals surface area contributed by atoms with Crippen molar-refractivity contribution < 1.29 is 18.6 Å². The van der Waals surface area contributed by atoms with Crippen molar-refractivity contribution in [3.63, 3.8) is 0 Å². The van der Waals surface area contributed by atoms with E-state index in [-0.39, 0.29) is 16.7 Å². The Labute approximate surface area is 148 Å². The van der Waals surface area contributed by atoms with E-state index in [2.05, 4.69) is 40.8 Å². The molecule has 24 heavy (non-hydrogen) atoms. The van der Waals surface area contributed by atoms with E-state index in [0.29, 0.717) is 19.1 Å². The summed E-state index contributed by atoms with van der Waals surface area (Å²) < 4.78 is 24.8. The van der Waals surface area contributed by atoms with Crippen LogP contribution in [0, 0.1) is 5.92 Å². The molecule has 4 nitrogen and oxygen atoms in total. The summed E-state index contributed by atoms with van der Waals surface area (Å²) in [5.74, 6) is -0.0226. The largest absolute Gasteiger partial charge is 0.413 e. The van der Waals surface area contributed by atoms with Gasteiger partial charge in [-0.1, -0.05) is 33.6 Å². The Bertz CT molecular complexity index is 447. The number of rotatable bonds is 5. The third-order valence-corrected chi connectivity index (χ3v) is 11.2. The van der Waals surface area contributed by atoms with Crippen LogP contribution in [-0.2, 0) is 18.6 Å². The second-order valence-electron chi connectivity index (χ2n) is 9.66. The van der Waals surface area contributed by atoms with Crippen LogP contribution >= 0.6 is 0 Å². The van der Waals surface area contributed by atoms with Crippen molar-refractivity contribution in [2.45, 2.75) is 95.4 Å². The van der Waals surface area contributed by atoms with E-state index in [1.54, 1.807) is 0 Å². The van der Waals surface area contributed by atoms with Crippen molar-refractivity contribution in [1.82, 2.24) is 0 Å². The summed E-state index contributed by atoms with van der Waals surface area (Å²) in [4.78, 5) is 0. The zero-order chi connectivity index (χ0) is 17.6. The van der Waals surface area contributed by atoms with Gasteiger partial charge in [0.2, 0.25) is 0 Å². The molecule has 0 bridgehead atoms. The van der Waals surface area contributed by atoms with E-state index in [1.807, 2.05) is 0 Å². The van der Waals surface area contributed by atoms with Crippen molar-refractivity contribution >= 4 is 8.32 Å². The SMILES string of the molecule is CC1(C[C@H](O[Si](C)(C)C(C)(C)C)[C@@H]2CCCCC23CO3)OCCO1. The Morgan fingerprint density at radius 1 is 1.12 bits per heavy atom. The summed E-state index contributed by atoms with van der Waals surface area (Å²) in [7, 11) is -1.86. The first-order valence-electron chi connectivity index (χ1n) is 9.67. The minimum Gasteiger partial charge on any atom is -0.413 e. The van der Waals surface area contributed by atoms with Gasteiger partial charge in [-0.15, -0.1) is 0 Å². The molecule has 2 saturated heterocycles. The van der Waals surface area contributed by atoms with Gasteiger partial charge in [0.15, 0.2) is 14.1 Å². The van der Waals surface area contributed by atoms with Gasteiger partial charge in [-0.3, -0.25) is 0 Å². The Balaban J connectivity index is 1.80. The van der Waals surface area contributed by atoms with Crippen LogP contribution in [0.2, 0.25) is 18.1 Å². The lowest BCUT2D eigenvalue weighted by molar-refractivity contribution is -0.169. The molecule has 0 amide bonds. The van der Waals surface area contributed by atoms with Gasteiger partial charge in [-0.25, -0.2) is 0 Å². The third-order valence-electron chi connectivity index (χ3n) is 6.73. The van der Waals surface area contributed by atoms with Crippen molar-refractivity contribution in [1.29, 1.82) is 0 Å². The highest BCUT2D eigenvalue weighted by Crippen LogP contribution is 2.51. The molecule has 5 heteroatoms. The minimum absolute atomic E-state index is 0.0836. The van der Waals surface area contributed by atoms with Gasteiger partial charge in [-0.05, 0) is 37.9 Å². The van der Waals surface area contributed by atoms with E-state index >= 15 is 0 Å². The van der Waals surface area contributed by atoms with Crippen LogP contribution in [0.4, 0.5) is 0 Å². The lowest BCUT2D eigenvalue weighted by Crippen LogP contribution is -2.51. The highest BCUT2D eigenvalue weighted by Gasteiger charge is 2.57. The molecule has 3 rings (SSSR count). The van der Waals surface area contributed by atoms with Gasteiger partial charge in [0.1, 0.15) is 0 Å². The first kappa shape index (κ1) is 18.8. The van der Waals surface area contributed by atoms with Gasteiger partial charge in [0.05, 0.1) is 31.5 Å². The summed E-state index contributed by atoms with van der Waals surface area (Å²) in [6.45, 7) is 16.0. The summed E-state index contributed by atoms with van der Waals surface area (Å²) in [5.41, 5.74) is 0.0836. The molecule has 0 aromatic heterocycles. The van der Waals surface area contributed by atoms with Gasteiger partial charge >= 0.3 is 0 Å². The fourth-order valence-electron chi connectivity index (χ4n) is 4.07. The summed E-state index contributed by atoms with van der Waals surface area (Å²) in [6.07, 6.45) is 5.94. The molecule has 2 heterocycles. The van der Waals surface area contributed by atoms with E-state index in [4.69, 9.17) is 18.6 Å². The predicted octanol–water partition coefficient (Wildman–Crippen LogP) is 4.49. The summed E-state index contributed by atoms with van der Waals surface area (Å²) >= 11 is 0. The summed E-state index contributed by atoms with van der Waals surface area (Å²) in [6, 6.07) is 0. The molecule has 140 valence electrons. The van der Waals surface area contributed by atoms with Gasteiger partial charge in [0, 0.05) is 12.3 Å². The molecule has 0 aromatic rings. The molecule has 1 saturated carbocycles. The first-order valence-corrected chi connectivity index (χ1v) is 12.6. The van der Waals surface area contributed by atoms with Crippen molar-refractivity contribution in [2.75, 3.05) is 19.8 Å². The number of ether oxygens (including phenoxy) is 3. The van der Waals surface area contributed by atoms with E-state index < -0.39 is 14.1 Å². The minimum atomic E-state index is -1.86. The Hall–Kier alpha value is 0.0569. The topological polar surface area (TPSA) is 40.2 Å². The van der Waals surface area contributed by atoms with Crippen molar-refractivity contribution in [3.8, 4) is 0 Å². The van der Waals surface area contributed by atoms with Crippen LogP contribution in [0.5, 0.6) is 0 Å². The van der Waals surface area contributed by atoms with Crippen LogP contribution in [-0.4, -0.2) is 45.6 Å². The highest BCUT2D eigenvalue weighted by atomic mass is 28.4. The highest BCUT2D eigenvalue weighted by molar-refractivity contribution is 6.74. The second-order valence-corrected chi connectivity index (χ2v) is 14.4. The lowest BCUT2D eigenvalue weighted by Gasteiger charge is -2.45. The molecule has 0 N–H and O–H groups in total. The molecule has 2 aliphatic heterocycles. The molecule has 3 fully saturated rings. The number of hydrogen-bond acceptors (Lipinski definition) is 4. The molecule has 0 aromatic carbocycles. The van der Waals surface area contributed by atoms with Crippen LogP contribution in [0.3, 0.4) is 0 Å². The zero-order valence-electron chi connectivity index (χ0n) is 16.4. The van der Waals surface area contributed by atoms with Crippen molar-refractivity contribution in [2.24, 2.45) is 5.92 Å². The smallest absolute Gasteiger partial charge is 0.192 e. The van der Waals surface area contributed by atoms with Crippen LogP contribution in [0.25, 0.3) is 0 Å². The molecular formula is C19H36O4Si. The van der Waals surface area contributed by atoms with Crippen molar-refractivity contribution in [3.05, 3.63) is 0 Å². The molecule has 3 aliphatic rings. The van der Waals surface area contributed by atoms with E-state index in [1.165, 1.54) is 25.7 Å². The average Bonchev–Trinajstić information content (AvgIpc) is 3.09. The fourth-order valence-corrected chi connectivity index (χ4v) is 5.43. The first-order chi connectivity index (χ1) is 11.1. The normalized spacial score (nSPS) is 34.5. The monoisotopic (exact) mass is 356 g/mol. The molecule has 3 atom stereocenters. The molecule has 0 radical (unpaired) electrons. The molecule has 1 unspecified atom stereocenters. The van der Waals surface area contributed by atoms with E-state index in [0.717, 1.165) is 13.0 Å². The lowest BCUT2D eigenvalue weighted by atomic mass is 9.75. The number of hydrogen-bond donors (Lipinski definition) is 0. The molecule has 1 aliphatic carbocycles. The molecule has 1 spiro atoms. The Kier molecular flexibility index (Phi) is 4.98. The van der Waals surface area contributed by atoms with Crippen LogP contribution < -0.4 is 0 Å². The third kappa shape index (κ3) is 3.75. The maximum Gasteiger partial charge on any atom is 0.192 e. The number of epoxide rings is 1. The van der Waals surface area contributed by atoms with Crippen LogP contribution in [0.1, 0.15) is 59.8 Å². The maximum atomic E-state index is 6.94. The Morgan fingerprint density at radius 2 is 1.75 bits per heavy atom. The second kappa shape index (κ2) is 6.34. The summed E-state index contributed by atoms with van der Waals surface area (Å²) in [5, 5.41) is 0.204. The molecular weight excluding hydrogens is 320 g/mol. The predicted molar refractivity (Wildman–Crippen MR) is 97.6 cm³/mol. The van der Waals surface area contributed by atoms with Gasteiger partial charge in [0.25, 0.3) is 0 Å². The maximum absolute atomic E-state index is 6.94. The Morgan fingerprint density at radius 3 is 2.29 bits per heavy atom. The quantitative estimate of drug-likeness (QED) is 0.537. The fraction of sp³-hybridized carbons (Fsp3) is 1.00. The van der Waals surface area contributed by atoms with E-state index in [9.17, 15) is 0 Å². The van der Waals surface area contributed by atoms with Gasteiger partial charge in [-0.2, -0.15) is 0 Å². The standard InChI is InChI=1S/C19H36O4Si/c1-17(2,3)24(5,6)23-16(13-18(4)20-11-12-21-18)15-9-7-8-10-19(15)14-22-19/h15-16H,7-14H2,1-6H3/t15-,16-,19?/m0/s1. The zero-order valence-corrected chi connectivity index (χ0v) is 17.4.